The maximum atomic E-state index is 12.3. The fourth-order valence-corrected chi connectivity index (χ4v) is 5.38. The van der Waals surface area contributed by atoms with Gasteiger partial charge in [0.15, 0.2) is 6.61 Å². The van der Waals surface area contributed by atoms with Crippen LogP contribution in [-0.4, -0.2) is 52.6 Å². The van der Waals surface area contributed by atoms with E-state index in [2.05, 4.69) is 0 Å². The highest BCUT2D eigenvalue weighted by Crippen LogP contribution is 2.43. The van der Waals surface area contributed by atoms with Gasteiger partial charge in [-0.2, -0.15) is 0 Å². The molecule has 1 aliphatic heterocycles. The van der Waals surface area contributed by atoms with E-state index in [0.717, 1.165) is 0 Å². The number of nitrogens with zero attached hydrogens (tertiary/aromatic N) is 1. The number of carboxylic acid groups (broad SMARTS) is 1. The Hall–Kier alpha value is -1.34. The summed E-state index contributed by atoms with van der Waals surface area (Å²) in [5, 5.41) is 8.98. The van der Waals surface area contributed by atoms with E-state index in [4.69, 9.17) is 9.84 Å². The van der Waals surface area contributed by atoms with Crippen LogP contribution in [0, 0.1) is 0 Å². The number of carbonyl (C=O) groups excluding carboxylic acids is 1. The molecule has 0 radical (unpaired) electrons. The van der Waals surface area contributed by atoms with E-state index in [-0.39, 0.29) is 25.1 Å². The fraction of sp³-hybridized carbons (Fsp3) is 0.556. The van der Waals surface area contributed by atoms with Gasteiger partial charge in [-0.3, -0.25) is 9.59 Å². The summed E-state index contributed by atoms with van der Waals surface area (Å²) < 4.78 is 6.04. The highest BCUT2D eigenvalue weighted by Gasteiger charge is 2.22. The van der Waals surface area contributed by atoms with Gasteiger partial charge >= 0.3 is 5.97 Å². The van der Waals surface area contributed by atoms with Gasteiger partial charge in [0.2, 0.25) is 0 Å². The van der Waals surface area contributed by atoms with Crippen molar-refractivity contribution < 1.29 is 19.4 Å². The molecule has 0 aliphatic carbocycles. The molecular formula is C18H25NO4S2. The molecule has 0 saturated carbocycles. The topological polar surface area (TPSA) is 66.8 Å². The van der Waals surface area contributed by atoms with Crippen molar-refractivity contribution in [3.05, 3.63) is 29.8 Å². The first-order valence-electron chi connectivity index (χ1n) is 8.48. The van der Waals surface area contributed by atoms with Crippen LogP contribution in [0.2, 0.25) is 0 Å². The molecule has 0 spiro atoms. The Morgan fingerprint density at radius 3 is 2.48 bits per heavy atom. The second-order valence-electron chi connectivity index (χ2n) is 5.96. The van der Waals surface area contributed by atoms with Gasteiger partial charge in [0.05, 0.1) is 4.58 Å². The molecular weight excluding hydrogens is 358 g/mol. The molecule has 1 amide bonds. The SMILES string of the molecule is CCC(C)N(CC(=O)O)C(=O)COc1ccc(C2SCCCS2)cc1. The lowest BCUT2D eigenvalue weighted by Gasteiger charge is -2.26. The van der Waals surface area contributed by atoms with Crippen molar-refractivity contribution in [2.45, 2.75) is 37.3 Å². The molecule has 1 heterocycles. The molecule has 2 rings (SSSR count). The molecule has 5 nitrogen and oxygen atoms in total. The maximum absolute atomic E-state index is 12.3. The van der Waals surface area contributed by atoms with Crippen molar-refractivity contribution in [2.75, 3.05) is 24.7 Å². The average molecular weight is 384 g/mol. The molecule has 25 heavy (non-hydrogen) atoms. The normalized spacial score (nSPS) is 16.2. The molecule has 1 aliphatic rings. The minimum Gasteiger partial charge on any atom is -0.484 e. The molecule has 7 heteroatoms. The Labute approximate surface area is 157 Å². The largest absolute Gasteiger partial charge is 0.484 e. The van der Waals surface area contributed by atoms with Crippen LogP contribution in [-0.2, 0) is 9.59 Å². The summed E-state index contributed by atoms with van der Waals surface area (Å²) in [7, 11) is 0. The molecule has 1 unspecified atom stereocenters. The van der Waals surface area contributed by atoms with Crippen molar-refractivity contribution in [1.82, 2.24) is 4.90 Å². The van der Waals surface area contributed by atoms with Gasteiger partial charge in [0.25, 0.3) is 5.91 Å². The summed E-state index contributed by atoms with van der Waals surface area (Å²) in [5.41, 5.74) is 1.26. The summed E-state index contributed by atoms with van der Waals surface area (Å²) in [6.45, 7) is 3.32. The number of hydrogen-bond donors (Lipinski definition) is 1. The number of thioether (sulfide) groups is 2. The summed E-state index contributed by atoms with van der Waals surface area (Å²) in [6, 6.07) is 7.71. The number of rotatable bonds is 8. The number of benzene rings is 1. The van der Waals surface area contributed by atoms with Gasteiger partial charge in [-0.15, -0.1) is 23.5 Å². The molecule has 1 aromatic rings. The predicted molar refractivity (Wildman–Crippen MR) is 103 cm³/mol. The number of amides is 1. The van der Waals surface area contributed by atoms with Gasteiger partial charge in [-0.25, -0.2) is 0 Å². The highest BCUT2D eigenvalue weighted by molar-refractivity contribution is 8.16. The van der Waals surface area contributed by atoms with E-state index in [0.29, 0.717) is 16.8 Å². The molecule has 1 aromatic carbocycles. The van der Waals surface area contributed by atoms with Gasteiger partial charge in [-0.05, 0) is 49.0 Å². The van der Waals surface area contributed by atoms with Crippen molar-refractivity contribution in [2.24, 2.45) is 0 Å². The Kier molecular flexibility index (Phi) is 7.96. The third-order valence-electron chi connectivity index (χ3n) is 4.09. The summed E-state index contributed by atoms with van der Waals surface area (Å²) in [4.78, 5) is 24.6. The lowest BCUT2D eigenvalue weighted by molar-refractivity contribution is -0.147. The number of carbonyl (C=O) groups is 2. The van der Waals surface area contributed by atoms with E-state index in [1.807, 2.05) is 61.6 Å². The minimum absolute atomic E-state index is 0.130. The first-order chi connectivity index (χ1) is 12.0. The van der Waals surface area contributed by atoms with Crippen LogP contribution in [0.4, 0.5) is 0 Å². The van der Waals surface area contributed by atoms with Crippen LogP contribution in [0.3, 0.4) is 0 Å². The van der Waals surface area contributed by atoms with Gasteiger partial charge in [0.1, 0.15) is 12.3 Å². The monoisotopic (exact) mass is 383 g/mol. The molecule has 138 valence electrons. The number of hydrogen-bond acceptors (Lipinski definition) is 5. The number of ether oxygens (including phenoxy) is 1. The van der Waals surface area contributed by atoms with Crippen molar-refractivity contribution in [1.29, 1.82) is 0 Å². The van der Waals surface area contributed by atoms with E-state index >= 15 is 0 Å². The van der Waals surface area contributed by atoms with Crippen molar-refractivity contribution >= 4 is 35.4 Å². The molecule has 0 aromatic heterocycles. The van der Waals surface area contributed by atoms with E-state index < -0.39 is 5.97 Å². The van der Waals surface area contributed by atoms with Gasteiger partial charge in [-0.1, -0.05) is 19.1 Å². The summed E-state index contributed by atoms with van der Waals surface area (Å²) >= 11 is 3.92. The minimum atomic E-state index is -1.01. The van der Waals surface area contributed by atoms with Crippen LogP contribution >= 0.6 is 23.5 Å². The van der Waals surface area contributed by atoms with E-state index in [9.17, 15) is 9.59 Å². The van der Waals surface area contributed by atoms with Crippen molar-refractivity contribution in [3.63, 3.8) is 0 Å². The molecule has 1 atom stereocenters. The maximum Gasteiger partial charge on any atom is 0.323 e. The zero-order valence-electron chi connectivity index (χ0n) is 14.6. The Balaban J connectivity index is 1.90. The Morgan fingerprint density at radius 1 is 1.28 bits per heavy atom. The van der Waals surface area contributed by atoms with Gasteiger partial charge < -0.3 is 14.7 Å². The first-order valence-corrected chi connectivity index (χ1v) is 10.6. The second kappa shape index (κ2) is 9.97. The lowest BCUT2D eigenvalue weighted by atomic mass is 10.2. The number of aliphatic carboxylic acids is 1. The van der Waals surface area contributed by atoms with E-state index in [1.165, 1.54) is 28.4 Å². The molecule has 1 N–H and O–H groups in total. The quantitative estimate of drug-likeness (QED) is 0.739. The predicted octanol–water partition coefficient (Wildman–Crippen LogP) is 3.65. The number of carboxylic acids is 1. The molecule has 0 bridgehead atoms. The van der Waals surface area contributed by atoms with Crippen LogP contribution in [0.15, 0.2) is 24.3 Å². The molecule has 1 fully saturated rings. The van der Waals surface area contributed by atoms with Crippen LogP contribution < -0.4 is 4.74 Å². The zero-order valence-corrected chi connectivity index (χ0v) is 16.3. The first kappa shape index (κ1) is 20.0. The second-order valence-corrected chi connectivity index (χ2v) is 8.68. The van der Waals surface area contributed by atoms with Crippen LogP contribution in [0.5, 0.6) is 5.75 Å². The van der Waals surface area contributed by atoms with Crippen molar-refractivity contribution in [3.8, 4) is 5.75 Å². The zero-order chi connectivity index (χ0) is 18.2. The average Bonchev–Trinajstić information content (AvgIpc) is 2.64. The molecule has 1 saturated heterocycles. The Morgan fingerprint density at radius 2 is 1.92 bits per heavy atom. The van der Waals surface area contributed by atoms with Crippen LogP contribution in [0.25, 0.3) is 0 Å². The van der Waals surface area contributed by atoms with Gasteiger partial charge in [0, 0.05) is 6.04 Å². The lowest BCUT2D eigenvalue weighted by Crippen LogP contribution is -2.44. The Bertz CT molecular complexity index is 573. The highest BCUT2D eigenvalue weighted by atomic mass is 32.2. The summed E-state index contributed by atoms with van der Waals surface area (Å²) in [5.74, 6) is 1.70. The smallest absolute Gasteiger partial charge is 0.323 e. The summed E-state index contributed by atoms with van der Waals surface area (Å²) in [6.07, 6.45) is 1.96. The third-order valence-corrected chi connectivity index (χ3v) is 7.11. The van der Waals surface area contributed by atoms with Crippen LogP contribution in [0.1, 0.15) is 36.8 Å². The third kappa shape index (κ3) is 6.15. The standard InChI is InChI=1S/C18H25NO4S2/c1-3-13(2)19(11-17(21)22)16(20)12-23-15-7-5-14(6-8-15)18-24-9-4-10-25-18/h5-8,13,18H,3-4,9-12H2,1-2H3,(H,21,22). The fourth-order valence-electron chi connectivity index (χ4n) is 2.49. The van der Waals surface area contributed by atoms with E-state index in [1.54, 1.807) is 0 Å².